The van der Waals surface area contributed by atoms with Gasteiger partial charge in [-0.15, -0.1) is 0 Å². The monoisotopic (exact) mass is 280 g/mol. The molecule has 0 aliphatic heterocycles. The van der Waals surface area contributed by atoms with Crippen molar-refractivity contribution in [2.75, 3.05) is 20.8 Å². The third kappa shape index (κ3) is 4.74. The predicted molar refractivity (Wildman–Crippen MR) is 79.0 cm³/mol. The van der Waals surface area contributed by atoms with Gasteiger partial charge in [-0.2, -0.15) is 0 Å². The summed E-state index contributed by atoms with van der Waals surface area (Å²) in [5.41, 5.74) is 1.11. The maximum atomic E-state index is 11.9. The van der Waals surface area contributed by atoms with Gasteiger partial charge < -0.3 is 20.1 Å². The molecule has 0 radical (unpaired) electrons. The minimum Gasteiger partial charge on any atom is -0.497 e. The summed E-state index contributed by atoms with van der Waals surface area (Å²) >= 11 is 0. The van der Waals surface area contributed by atoms with Crippen molar-refractivity contribution in [1.82, 2.24) is 10.2 Å². The number of rotatable bonds is 6. The maximum Gasteiger partial charge on any atom is 0.317 e. The van der Waals surface area contributed by atoms with Gasteiger partial charge in [0.2, 0.25) is 0 Å². The zero-order valence-electron chi connectivity index (χ0n) is 12.6. The first-order valence-corrected chi connectivity index (χ1v) is 6.75. The van der Waals surface area contributed by atoms with Crippen LogP contribution >= 0.6 is 0 Å². The number of nitrogens with zero attached hydrogens (tertiary/aromatic N) is 1. The molecule has 5 nitrogen and oxygen atoms in total. The van der Waals surface area contributed by atoms with E-state index in [1.165, 1.54) is 4.90 Å². The van der Waals surface area contributed by atoms with Crippen molar-refractivity contribution in [1.29, 1.82) is 0 Å². The summed E-state index contributed by atoms with van der Waals surface area (Å²) in [6.07, 6.45) is 0.726. The maximum absolute atomic E-state index is 11.9. The Morgan fingerprint density at radius 3 is 2.75 bits per heavy atom. The van der Waals surface area contributed by atoms with E-state index in [-0.39, 0.29) is 24.7 Å². The van der Waals surface area contributed by atoms with Gasteiger partial charge in [-0.25, -0.2) is 4.79 Å². The molecular weight excluding hydrogens is 256 g/mol. The van der Waals surface area contributed by atoms with E-state index in [2.05, 4.69) is 5.32 Å². The van der Waals surface area contributed by atoms with Gasteiger partial charge in [-0.05, 0) is 38.0 Å². The van der Waals surface area contributed by atoms with Crippen LogP contribution < -0.4 is 10.1 Å². The lowest BCUT2D eigenvalue weighted by Crippen LogP contribution is -2.47. The van der Waals surface area contributed by atoms with Gasteiger partial charge in [0, 0.05) is 13.1 Å². The highest BCUT2D eigenvalue weighted by Crippen LogP contribution is 2.14. The molecule has 0 spiro atoms. The first-order chi connectivity index (χ1) is 9.47. The third-order valence-electron chi connectivity index (χ3n) is 3.29. The molecule has 0 fully saturated rings. The van der Waals surface area contributed by atoms with Gasteiger partial charge in [-0.3, -0.25) is 0 Å². The van der Waals surface area contributed by atoms with E-state index in [1.807, 2.05) is 31.2 Å². The molecule has 0 heterocycles. The second kappa shape index (κ2) is 7.75. The van der Waals surface area contributed by atoms with E-state index < -0.39 is 0 Å². The van der Waals surface area contributed by atoms with Gasteiger partial charge in [0.05, 0.1) is 19.8 Å². The topological polar surface area (TPSA) is 61.8 Å². The Morgan fingerprint density at radius 2 is 2.15 bits per heavy atom. The average molecular weight is 280 g/mol. The Kier molecular flexibility index (Phi) is 6.31. The van der Waals surface area contributed by atoms with Crippen molar-refractivity contribution in [2.45, 2.75) is 32.4 Å². The molecule has 5 heteroatoms. The molecule has 0 aliphatic carbocycles. The number of amides is 2. The highest BCUT2D eigenvalue weighted by atomic mass is 16.5. The van der Waals surface area contributed by atoms with E-state index >= 15 is 0 Å². The van der Waals surface area contributed by atoms with Crippen molar-refractivity contribution in [3.05, 3.63) is 29.8 Å². The summed E-state index contributed by atoms with van der Waals surface area (Å²) in [6, 6.07) is 7.42. The highest BCUT2D eigenvalue weighted by molar-refractivity contribution is 5.74. The summed E-state index contributed by atoms with van der Waals surface area (Å²) in [5.74, 6) is 0.812. The van der Waals surface area contributed by atoms with Crippen LogP contribution in [0.2, 0.25) is 0 Å². The summed E-state index contributed by atoms with van der Waals surface area (Å²) in [7, 11) is 3.31. The van der Waals surface area contributed by atoms with E-state index in [0.717, 1.165) is 17.7 Å². The molecule has 0 saturated carbocycles. The molecule has 2 atom stereocenters. The van der Waals surface area contributed by atoms with E-state index in [9.17, 15) is 4.79 Å². The van der Waals surface area contributed by atoms with Gasteiger partial charge in [-0.1, -0.05) is 12.1 Å². The number of hydrogen-bond donors (Lipinski definition) is 2. The number of ether oxygens (including phenoxy) is 1. The third-order valence-corrected chi connectivity index (χ3v) is 3.29. The zero-order valence-corrected chi connectivity index (χ0v) is 12.6. The molecule has 20 heavy (non-hydrogen) atoms. The molecule has 112 valence electrons. The van der Waals surface area contributed by atoms with Crippen LogP contribution in [0.5, 0.6) is 5.75 Å². The van der Waals surface area contributed by atoms with Crippen molar-refractivity contribution in [3.63, 3.8) is 0 Å². The van der Waals surface area contributed by atoms with Crippen molar-refractivity contribution < 1.29 is 14.6 Å². The van der Waals surface area contributed by atoms with Crippen LogP contribution in [-0.4, -0.2) is 48.9 Å². The van der Waals surface area contributed by atoms with Gasteiger partial charge in [0.1, 0.15) is 5.75 Å². The normalized spacial score (nSPS) is 13.4. The molecule has 2 amide bonds. The molecule has 0 saturated heterocycles. The lowest BCUT2D eigenvalue weighted by Gasteiger charge is -2.25. The van der Waals surface area contributed by atoms with Crippen molar-refractivity contribution in [2.24, 2.45) is 0 Å². The van der Waals surface area contributed by atoms with Crippen LogP contribution in [0.25, 0.3) is 0 Å². The van der Waals surface area contributed by atoms with Gasteiger partial charge in [0.15, 0.2) is 0 Å². The number of nitrogens with one attached hydrogen (secondary N) is 1. The first-order valence-electron chi connectivity index (χ1n) is 6.75. The summed E-state index contributed by atoms with van der Waals surface area (Å²) < 4.78 is 5.18. The van der Waals surface area contributed by atoms with Crippen LogP contribution in [-0.2, 0) is 6.42 Å². The summed E-state index contributed by atoms with van der Waals surface area (Å²) in [6.45, 7) is 3.70. The van der Waals surface area contributed by atoms with Crippen LogP contribution in [0.15, 0.2) is 24.3 Å². The fourth-order valence-electron chi connectivity index (χ4n) is 1.84. The fourth-order valence-corrected chi connectivity index (χ4v) is 1.84. The molecule has 2 unspecified atom stereocenters. The molecule has 0 aliphatic rings. The number of aliphatic hydroxyl groups is 1. The predicted octanol–water partition coefficient (Wildman–Crippen LogP) is 1.65. The minimum atomic E-state index is -0.195. The number of carbonyl (C=O) groups excluding carboxylic acids is 1. The molecule has 0 aromatic heterocycles. The largest absolute Gasteiger partial charge is 0.497 e. The molecule has 0 bridgehead atoms. The lowest BCUT2D eigenvalue weighted by molar-refractivity contribution is 0.155. The van der Waals surface area contributed by atoms with Crippen molar-refractivity contribution >= 4 is 6.03 Å². The SMILES string of the molecule is COc1cccc(CC(C)NC(=O)N(C)C(C)CO)c1. The fraction of sp³-hybridized carbons (Fsp3) is 0.533. The number of hydrogen-bond acceptors (Lipinski definition) is 3. The molecule has 1 aromatic carbocycles. The lowest BCUT2D eigenvalue weighted by atomic mass is 10.1. The van der Waals surface area contributed by atoms with Crippen LogP contribution in [0.4, 0.5) is 4.79 Å². The Morgan fingerprint density at radius 1 is 1.45 bits per heavy atom. The van der Waals surface area contributed by atoms with Crippen LogP contribution in [0, 0.1) is 0 Å². The van der Waals surface area contributed by atoms with E-state index in [4.69, 9.17) is 9.84 Å². The first kappa shape index (κ1) is 16.3. The number of benzene rings is 1. The number of methoxy groups -OCH3 is 1. The highest BCUT2D eigenvalue weighted by Gasteiger charge is 2.16. The van der Waals surface area contributed by atoms with E-state index in [0.29, 0.717) is 0 Å². The quantitative estimate of drug-likeness (QED) is 0.833. The number of carbonyl (C=O) groups is 1. The Labute approximate surface area is 120 Å². The van der Waals surface area contributed by atoms with Crippen molar-refractivity contribution in [3.8, 4) is 5.75 Å². The second-order valence-electron chi connectivity index (χ2n) is 5.05. The standard InChI is InChI=1S/C15H24N2O3/c1-11(16-15(19)17(3)12(2)10-18)8-13-6-5-7-14(9-13)20-4/h5-7,9,11-12,18H,8,10H2,1-4H3,(H,16,19). The summed E-state index contributed by atoms with van der Waals surface area (Å²) in [5, 5.41) is 12.0. The number of likely N-dealkylation sites (N-methyl/N-ethyl adjacent to an activating group) is 1. The second-order valence-corrected chi connectivity index (χ2v) is 5.05. The van der Waals surface area contributed by atoms with Gasteiger partial charge >= 0.3 is 6.03 Å². The van der Waals surface area contributed by atoms with Crippen LogP contribution in [0.1, 0.15) is 19.4 Å². The summed E-state index contributed by atoms with van der Waals surface area (Å²) in [4.78, 5) is 13.4. The molecular formula is C15H24N2O3. The number of aliphatic hydroxyl groups excluding tert-OH is 1. The molecule has 1 rings (SSSR count). The Bertz CT molecular complexity index is 437. The van der Waals surface area contributed by atoms with Gasteiger partial charge in [0.25, 0.3) is 0 Å². The smallest absolute Gasteiger partial charge is 0.317 e. The minimum absolute atomic E-state index is 0.00273. The Hall–Kier alpha value is -1.75. The molecule has 1 aromatic rings. The van der Waals surface area contributed by atoms with E-state index in [1.54, 1.807) is 21.1 Å². The number of urea groups is 1. The average Bonchev–Trinajstić information content (AvgIpc) is 2.45. The Balaban J connectivity index is 2.54. The zero-order chi connectivity index (χ0) is 15.1. The molecule has 2 N–H and O–H groups in total. The van der Waals surface area contributed by atoms with Crippen LogP contribution in [0.3, 0.4) is 0 Å².